The molecule has 2 heterocycles. The molecule has 10 heteroatoms. The van der Waals surface area contributed by atoms with Crippen molar-refractivity contribution in [2.75, 3.05) is 17.2 Å². The average Bonchev–Trinajstić information content (AvgIpc) is 3.36. The number of halogens is 3. The lowest BCUT2D eigenvalue weighted by Gasteiger charge is -2.12. The van der Waals surface area contributed by atoms with Gasteiger partial charge >= 0.3 is 0 Å². The Balaban J connectivity index is 1.42. The van der Waals surface area contributed by atoms with E-state index in [-0.39, 0.29) is 12.5 Å². The first-order valence-electron chi connectivity index (χ1n) is 10.4. The van der Waals surface area contributed by atoms with Crippen LogP contribution in [0.3, 0.4) is 0 Å². The number of hydrogen-bond acceptors (Lipinski definition) is 5. The summed E-state index contributed by atoms with van der Waals surface area (Å²) >= 11 is 18.2. The molecule has 2 aromatic heterocycles. The molecule has 0 fully saturated rings. The van der Waals surface area contributed by atoms with E-state index in [9.17, 15) is 4.79 Å². The fourth-order valence-corrected chi connectivity index (χ4v) is 3.83. The van der Waals surface area contributed by atoms with E-state index in [4.69, 9.17) is 34.8 Å². The number of nitrogens with zero attached hydrogens (tertiary/aromatic N) is 3. The van der Waals surface area contributed by atoms with Gasteiger partial charge in [-0.05, 0) is 47.5 Å². The van der Waals surface area contributed by atoms with E-state index in [0.29, 0.717) is 45.7 Å². The summed E-state index contributed by atoms with van der Waals surface area (Å²) in [4.78, 5) is 21.5. The molecule has 2 aromatic carbocycles. The van der Waals surface area contributed by atoms with Gasteiger partial charge in [-0.3, -0.25) is 4.79 Å². The van der Waals surface area contributed by atoms with Crippen molar-refractivity contribution in [2.24, 2.45) is 0 Å². The smallest absolute Gasteiger partial charge is 0.239 e. The number of aromatic nitrogens is 3. The molecule has 0 atom stereocenters. The standard InChI is InChI=1S/C24H21Cl3N6O/c25-18-5-3-4-16(10-18)13-30-24-31-21(12-22(32-24)33-8-1-2-9-33)28-15-23(34)29-14-17-6-7-19(26)11-20(17)27/h1-12H,13-15H2,(H,29,34)(H2,28,30,31,32). The van der Waals surface area contributed by atoms with Crippen molar-refractivity contribution < 1.29 is 4.79 Å². The molecule has 174 valence electrons. The number of rotatable bonds is 9. The van der Waals surface area contributed by atoms with Crippen LogP contribution in [0.25, 0.3) is 5.82 Å². The zero-order chi connectivity index (χ0) is 23.9. The molecule has 4 aromatic rings. The van der Waals surface area contributed by atoms with Crippen LogP contribution in [0.4, 0.5) is 11.8 Å². The zero-order valence-corrected chi connectivity index (χ0v) is 20.2. The number of carbonyl (C=O) groups is 1. The van der Waals surface area contributed by atoms with E-state index in [1.54, 1.807) is 24.3 Å². The second-order valence-corrected chi connectivity index (χ2v) is 8.65. The molecule has 1 amide bonds. The Morgan fingerprint density at radius 3 is 2.41 bits per heavy atom. The van der Waals surface area contributed by atoms with Gasteiger partial charge in [0.2, 0.25) is 11.9 Å². The fourth-order valence-electron chi connectivity index (χ4n) is 3.14. The SMILES string of the molecule is O=C(CNc1cc(-n2cccc2)nc(NCc2cccc(Cl)c2)n1)NCc1ccc(Cl)cc1Cl. The highest BCUT2D eigenvalue weighted by Crippen LogP contribution is 2.21. The molecule has 0 radical (unpaired) electrons. The Morgan fingerprint density at radius 1 is 0.853 bits per heavy atom. The van der Waals surface area contributed by atoms with Crippen molar-refractivity contribution in [2.45, 2.75) is 13.1 Å². The third kappa shape index (κ3) is 6.63. The van der Waals surface area contributed by atoms with Crippen LogP contribution in [-0.2, 0) is 17.9 Å². The van der Waals surface area contributed by atoms with Gasteiger partial charge in [-0.25, -0.2) is 0 Å². The molecular weight excluding hydrogens is 495 g/mol. The van der Waals surface area contributed by atoms with Crippen molar-refractivity contribution in [3.63, 3.8) is 0 Å². The van der Waals surface area contributed by atoms with Gasteiger partial charge in [0.25, 0.3) is 0 Å². The van der Waals surface area contributed by atoms with E-state index >= 15 is 0 Å². The monoisotopic (exact) mass is 514 g/mol. The Kier molecular flexibility index (Phi) is 7.90. The Morgan fingerprint density at radius 2 is 1.65 bits per heavy atom. The minimum Gasteiger partial charge on any atom is -0.361 e. The quantitative estimate of drug-likeness (QED) is 0.271. The Bertz CT molecular complexity index is 1280. The van der Waals surface area contributed by atoms with Crippen LogP contribution in [0, 0.1) is 0 Å². The molecule has 0 aliphatic carbocycles. The largest absolute Gasteiger partial charge is 0.361 e. The van der Waals surface area contributed by atoms with E-state index in [0.717, 1.165) is 11.1 Å². The predicted octanol–water partition coefficient (Wildman–Crippen LogP) is 5.57. The van der Waals surface area contributed by atoms with Gasteiger partial charge < -0.3 is 20.5 Å². The van der Waals surface area contributed by atoms with Crippen molar-refractivity contribution in [3.8, 4) is 5.82 Å². The van der Waals surface area contributed by atoms with Crippen LogP contribution in [0.15, 0.2) is 73.1 Å². The second kappa shape index (κ2) is 11.2. The summed E-state index contributed by atoms with van der Waals surface area (Å²) in [5.41, 5.74) is 1.78. The first-order valence-corrected chi connectivity index (χ1v) is 11.5. The lowest BCUT2D eigenvalue weighted by atomic mass is 10.2. The van der Waals surface area contributed by atoms with Crippen molar-refractivity contribution in [3.05, 3.63) is 99.3 Å². The lowest BCUT2D eigenvalue weighted by molar-refractivity contribution is -0.119. The molecule has 0 aliphatic heterocycles. The molecule has 0 spiro atoms. The van der Waals surface area contributed by atoms with E-state index in [1.807, 2.05) is 53.4 Å². The van der Waals surface area contributed by atoms with Crippen LogP contribution in [0.5, 0.6) is 0 Å². The van der Waals surface area contributed by atoms with Crippen LogP contribution in [0.2, 0.25) is 15.1 Å². The first-order chi connectivity index (χ1) is 16.5. The number of carbonyl (C=O) groups excluding carboxylic acids is 1. The predicted molar refractivity (Wildman–Crippen MR) is 137 cm³/mol. The van der Waals surface area contributed by atoms with Gasteiger partial charge in [-0.2, -0.15) is 9.97 Å². The van der Waals surface area contributed by atoms with Gasteiger partial charge in [-0.1, -0.05) is 53.0 Å². The number of benzene rings is 2. The van der Waals surface area contributed by atoms with Crippen molar-refractivity contribution in [1.29, 1.82) is 0 Å². The number of amides is 1. The second-order valence-electron chi connectivity index (χ2n) is 7.37. The Hall–Kier alpha value is -3.26. The van der Waals surface area contributed by atoms with Crippen LogP contribution in [-0.4, -0.2) is 27.0 Å². The third-order valence-electron chi connectivity index (χ3n) is 4.84. The van der Waals surface area contributed by atoms with E-state index < -0.39 is 0 Å². The molecule has 34 heavy (non-hydrogen) atoms. The summed E-state index contributed by atoms with van der Waals surface area (Å²) in [7, 11) is 0. The summed E-state index contributed by atoms with van der Waals surface area (Å²) < 4.78 is 1.86. The fraction of sp³-hybridized carbons (Fsp3) is 0.125. The summed E-state index contributed by atoms with van der Waals surface area (Å²) in [5, 5.41) is 10.8. The summed E-state index contributed by atoms with van der Waals surface area (Å²) in [6.07, 6.45) is 3.77. The van der Waals surface area contributed by atoms with E-state index in [2.05, 4.69) is 25.9 Å². The van der Waals surface area contributed by atoms with Gasteiger partial charge in [0, 0.05) is 46.6 Å². The summed E-state index contributed by atoms with van der Waals surface area (Å²) in [5.74, 6) is 1.37. The molecule has 0 aliphatic rings. The minimum atomic E-state index is -0.208. The number of anilines is 2. The highest BCUT2D eigenvalue weighted by atomic mass is 35.5. The maximum absolute atomic E-state index is 12.4. The molecule has 0 saturated heterocycles. The topological polar surface area (TPSA) is 83.9 Å². The average molecular weight is 516 g/mol. The number of nitrogens with one attached hydrogen (secondary N) is 3. The summed E-state index contributed by atoms with van der Waals surface area (Å²) in [6, 6.07) is 18.3. The normalized spacial score (nSPS) is 10.7. The maximum Gasteiger partial charge on any atom is 0.239 e. The molecule has 0 unspecified atom stereocenters. The van der Waals surface area contributed by atoms with Gasteiger partial charge in [0.1, 0.15) is 11.6 Å². The molecule has 0 saturated carbocycles. The highest BCUT2D eigenvalue weighted by Gasteiger charge is 2.09. The van der Waals surface area contributed by atoms with Gasteiger partial charge in [-0.15, -0.1) is 0 Å². The molecule has 4 rings (SSSR count). The van der Waals surface area contributed by atoms with Gasteiger partial charge in [0.05, 0.1) is 6.54 Å². The third-order valence-corrected chi connectivity index (χ3v) is 5.66. The highest BCUT2D eigenvalue weighted by molar-refractivity contribution is 6.35. The molecule has 7 nitrogen and oxygen atoms in total. The zero-order valence-electron chi connectivity index (χ0n) is 17.9. The van der Waals surface area contributed by atoms with E-state index in [1.165, 1.54) is 0 Å². The minimum absolute atomic E-state index is 0.0288. The maximum atomic E-state index is 12.4. The van der Waals surface area contributed by atoms with Crippen LogP contribution in [0.1, 0.15) is 11.1 Å². The molecule has 0 bridgehead atoms. The molecular formula is C24H21Cl3N6O. The van der Waals surface area contributed by atoms with Gasteiger partial charge in [0.15, 0.2) is 0 Å². The Labute approximate surface area is 212 Å². The molecule has 3 N–H and O–H groups in total. The lowest BCUT2D eigenvalue weighted by Crippen LogP contribution is -2.29. The van der Waals surface area contributed by atoms with Crippen molar-refractivity contribution >= 4 is 52.5 Å². The van der Waals surface area contributed by atoms with Crippen molar-refractivity contribution in [1.82, 2.24) is 19.9 Å². The summed E-state index contributed by atoms with van der Waals surface area (Å²) in [6.45, 7) is 0.819. The first kappa shape index (κ1) is 23.9. The number of hydrogen-bond donors (Lipinski definition) is 3. The van der Waals surface area contributed by atoms with Crippen LogP contribution >= 0.6 is 34.8 Å². The van der Waals surface area contributed by atoms with Crippen LogP contribution < -0.4 is 16.0 Å².